The number of likely N-dealkylation sites (tertiary alicyclic amines) is 2. The maximum atomic E-state index is 11.9. The molecule has 284 valence electrons. The fraction of sp³-hybridized carbons (Fsp3) is 1.00. The van der Waals surface area contributed by atoms with Gasteiger partial charge in [-0.25, -0.2) is 4.18 Å². The highest BCUT2D eigenvalue weighted by atomic mass is 32.3. The van der Waals surface area contributed by atoms with Gasteiger partial charge in [0, 0.05) is 12.1 Å². The number of rotatable bonds is 13. The van der Waals surface area contributed by atoms with Crippen LogP contribution in [0.4, 0.5) is 0 Å². The molecule has 0 spiro atoms. The fourth-order valence-electron chi connectivity index (χ4n) is 13.1. The summed E-state index contributed by atoms with van der Waals surface area (Å²) in [5, 5.41) is 15.9. The molecule has 8 nitrogen and oxygen atoms in total. The molecule has 0 aromatic rings. The lowest BCUT2D eigenvalue weighted by Gasteiger charge is -2.62. The Morgan fingerprint density at radius 3 is 2.24 bits per heavy atom. The molecular weight excluding hydrogens is 635 g/mol. The highest BCUT2D eigenvalue weighted by Crippen LogP contribution is 2.68. The number of aliphatic hydroxyl groups excluding tert-OH is 1. The average Bonchev–Trinajstić information content (AvgIpc) is 3.42. The zero-order chi connectivity index (χ0) is 35.0. The van der Waals surface area contributed by atoms with Crippen molar-refractivity contribution in [3.05, 3.63) is 0 Å². The van der Waals surface area contributed by atoms with Gasteiger partial charge in [0.15, 0.2) is 0 Å². The third-order valence-corrected chi connectivity index (χ3v) is 16.4. The van der Waals surface area contributed by atoms with Crippen LogP contribution >= 0.6 is 0 Å². The summed E-state index contributed by atoms with van der Waals surface area (Å²) in [5.74, 6) is 3.26. The number of hydrogen-bond acceptors (Lipinski definition) is 7. The van der Waals surface area contributed by atoms with Crippen LogP contribution < -0.4 is 5.32 Å². The van der Waals surface area contributed by atoms with Gasteiger partial charge in [0.2, 0.25) is 0 Å². The summed E-state index contributed by atoms with van der Waals surface area (Å²) in [6.07, 6.45) is 18.7. The molecule has 0 bridgehead atoms. The van der Waals surface area contributed by atoms with E-state index >= 15 is 0 Å². The molecule has 3 unspecified atom stereocenters. The molecule has 11 atom stereocenters. The maximum absolute atomic E-state index is 11.9. The molecule has 0 aromatic carbocycles. The van der Waals surface area contributed by atoms with Gasteiger partial charge in [-0.2, -0.15) is 8.42 Å². The average molecular weight is 708 g/mol. The molecule has 6 aliphatic rings. The van der Waals surface area contributed by atoms with E-state index in [4.69, 9.17) is 4.18 Å². The lowest BCUT2D eigenvalue weighted by molar-refractivity contribution is -0.167. The SMILES string of the molecule is CC(C)[C@@H](CC[C@@H](C)[C@H]1CCC2C3C(CC[C@@]21C)[C@@]1(C)CC[C@H](NCCCN2CCC(N4CCCCC4)CC2)C[C@H]1C[C@H]3O)OS(=O)(=O)O. The topological polar surface area (TPSA) is 102 Å². The van der Waals surface area contributed by atoms with E-state index in [1.54, 1.807) is 0 Å². The molecule has 0 aromatic heterocycles. The van der Waals surface area contributed by atoms with Crippen molar-refractivity contribution in [1.29, 1.82) is 0 Å². The van der Waals surface area contributed by atoms with Crippen molar-refractivity contribution in [1.82, 2.24) is 15.1 Å². The van der Waals surface area contributed by atoms with Crippen LogP contribution in [0.2, 0.25) is 0 Å². The number of piperidine rings is 2. The standard InChI is InChI=1S/C40H73N3O5S/c1-28(2)37(48-49(45,46)47)13-10-29(3)33-11-12-34-38-35(15-19-40(33,34)5)39(4)18-14-31(26-30(39)27-36(38)44)41-20-9-21-42-24-16-32(17-25-42)43-22-7-6-8-23-43/h28-38,41,44H,6-27H2,1-5H3,(H,45,46,47)/t29-,30+,31+,33-,34?,35?,36-,37-,38?,39+,40-/m1/s1. The van der Waals surface area contributed by atoms with Gasteiger partial charge in [-0.3, -0.25) is 4.55 Å². The minimum absolute atomic E-state index is 0.0185. The number of nitrogens with one attached hydrogen (secondary N) is 1. The largest absolute Gasteiger partial charge is 0.397 e. The van der Waals surface area contributed by atoms with Crippen molar-refractivity contribution >= 4 is 10.4 Å². The van der Waals surface area contributed by atoms with Gasteiger partial charge >= 0.3 is 10.4 Å². The second kappa shape index (κ2) is 16.0. The number of nitrogens with zero attached hydrogens (tertiary/aromatic N) is 2. The summed E-state index contributed by atoms with van der Waals surface area (Å²) in [6, 6.07) is 1.43. The van der Waals surface area contributed by atoms with E-state index in [-0.39, 0.29) is 17.4 Å². The minimum Gasteiger partial charge on any atom is -0.393 e. The fourth-order valence-corrected chi connectivity index (χ4v) is 13.7. The summed E-state index contributed by atoms with van der Waals surface area (Å²) in [5.41, 5.74) is 0.562. The van der Waals surface area contributed by atoms with Gasteiger partial charge in [0.1, 0.15) is 0 Å². The minimum atomic E-state index is -4.46. The highest BCUT2D eigenvalue weighted by molar-refractivity contribution is 7.80. The zero-order valence-electron chi connectivity index (χ0n) is 31.8. The molecule has 49 heavy (non-hydrogen) atoms. The second-order valence-electron chi connectivity index (χ2n) is 18.8. The Labute approximate surface area is 300 Å². The van der Waals surface area contributed by atoms with Crippen LogP contribution in [0.3, 0.4) is 0 Å². The molecule has 4 saturated carbocycles. The summed E-state index contributed by atoms with van der Waals surface area (Å²) < 4.78 is 37.3. The van der Waals surface area contributed by atoms with Crippen molar-refractivity contribution in [2.75, 3.05) is 39.3 Å². The van der Waals surface area contributed by atoms with E-state index in [2.05, 4.69) is 35.9 Å². The lowest BCUT2D eigenvalue weighted by atomic mass is 9.43. The first-order valence-electron chi connectivity index (χ1n) is 20.8. The van der Waals surface area contributed by atoms with Gasteiger partial charge in [-0.15, -0.1) is 0 Å². The maximum Gasteiger partial charge on any atom is 0.397 e. The van der Waals surface area contributed by atoms with E-state index < -0.39 is 16.5 Å². The monoisotopic (exact) mass is 708 g/mol. The molecule has 0 amide bonds. The Kier molecular flexibility index (Phi) is 12.5. The molecule has 2 aliphatic heterocycles. The van der Waals surface area contributed by atoms with Crippen LogP contribution in [-0.2, 0) is 14.6 Å². The third kappa shape index (κ3) is 8.59. The summed E-state index contributed by atoms with van der Waals surface area (Å²) in [4.78, 5) is 5.49. The van der Waals surface area contributed by atoms with Crippen LogP contribution in [0.1, 0.15) is 137 Å². The predicted octanol–water partition coefficient (Wildman–Crippen LogP) is 7.18. The number of hydrogen-bond donors (Lipinski definition) is 3. The Morgan fingerprint density at radius 1 is 0.857 bits per heavy atom. The molecule has 0 radical (unpaired) electrons. The lowest BCUT2D eigenvalue weighted by Crippen LogP contribution is -2.59. The number of aliphatic hydroxyl groups is 1. The van der Waals surface area contributed by atoms with Crippen molar-refractivity contribution in [2.24, 2.45) is 52.3 Å². The first-order valence-corrected chi connectivity index (χ1v) is 22.2. The van der Waals surface area contributed by atoms with Gasteiger partial charge in [0.05, 0.1) is 12.2 Å². The van der Waals surface area contributed by atoms with E-state index in [0.29, 0.717) is 53.4 Å². The van der Waals surface area contributed by atoms with Crippen LogP contribution in [-0.4, -0.2) is 91.4 Å². The van der Waals surface area contributed by atoms with Crippen LogP contribution in [0, 0.1) is 52.3 Å². The van der Waals surface area contributed by atoms with Crippen LogP contribution in [0.25, 0.3) is 0 Å². The molecule has 6 fully saturated rings. The molecule has 9 heteroatoms. The Morgan fingerprint density at radius 2 is 1.55 bits per heavy atom. The molecule has 2 heterocycles. The van der Waals surface area contributed by atoms with Gasteiger partial charge in [-0.05, 0) is 188 Å². The molecule has 2 saturated heterocycles. The molecule has 6 rings (SSSR count). The Hall–Kier alpha value is -0.290. The van der Waals surface area contributed by atoms with E-state index in [9.17, 15) is 18.1 Å². The summed E-state index contributed by atoms with van der Waals surface area (Å²) in [6.45, 7) is 18.9. The Bertz CT molecular complexity index is 1170. The highest BCUT2D eigenvalue weighted by Gasteiger charge is 2.62. The zero-order valence-corrected chi connectivity index (χ0v) is 32.6. The molecule has 4 aliphatic carbocycles. The predicted molar refractivity (Wildman–Crippen MR) is 198 cm³/mol. The first kappa shape index (κ1) is 38.4. The van der Waals surface area contributed by atoms with Crippen molar-refractivity contribution < 1.29 is 22.3 Å². The second-order valence-corrected chi connectivity index (χ2v) is 19.9. The van der Waals surface area contributed by atoms with E-state index in [0.717, 1.165) is 25.4 Å². The van der Waals surface area contributed by atoms with Gasteiger partial charge < -0.3 is 20.2 Å². The summed E-state index contributed by atoms with van der Waals surface area (Å²) >= 11 is 0. The van der Waals surface area contributed by atoms with Crippen molar-refractivity contribution in [3.8, 4) is 0 Å². The van der Waals surface area contributed by atoms with Gasteiger partial charge in [0.25, 0.3) is 0 Å². The summed E-state index contributed by atoms with van der Waals surface area (Å²) in [7, 11) is -4.46. The van der Waals surface area contributed by atoms with Gasteiger partial charge in [-0.1, -0.05) is 41.0 Å². The van der Waals surface area contributed by atoms with E-state index in [1.807, 2.05) is 13.8 Å². The smallest absolute Gasteiger partial charge is 0.393 e. The number of fused-ring (bicyclic) bond motifs is 5. The third-order valence-electron chi connectivity index (χ3n) is 15.9. The first-order chi connectivity index (χ1) is 23.3. The quantitative estimate of drug-likeness (QED) is 0.137. The van der Waals surface area contributed by atoms with Crippen molar-refractivity contribution in [3.63, 3.8) is 0 Å². The Balaban J connectivity index is 0.968. The van der Waals surface area contributed by atoms with Crippen LogP contribution in [0.15, 0.2) is 0 Å². The van der Waals surface area contributed by atoms with Crippen LogP contribution in [0.5, 0.6) is 0 Å². The van der Waals surface area contributed by atoms with E-state index in [1.165, 1.54) is 116 Å². The normalized spacial score (nSPS) is 40.9. The molecular formula is C40H73N3O5S. The van der Waals surface area contributed by atoms with Crippen molar-refractivity contribution in [2.45, 2.75) is 162 Å². The molecule has 3 N–H and O–H groups in total.